The Balaban J connectivity index is 0.00000161. The van der Waals surface area contributed by atoms with Crippen molar-refractivity contribution in [2.75, 3.05) is 13.1 Å². The zero-order valence-electron chi connectivity index (χ0n) is 13.5. The molecule has 1 amide bonds. The van der Waals surface area contributed by atoms with Crippen molar-refractivity contribution in [1.82, 2.24) is 10.2 Å². The fourth-order valence-electron chi connectivity index (χ4n) is 3.88. The van der Waals surface area contributed by atoms with E-state index in [9.17, 15) is 4.79 Å². The lowest BCUT2D eigenvalue weighted by Gasteiger charge is -2.33. The highest BCUT2D eigenvalue weighted by Gasteiger charge is 2.41. The molecule has 122 valence electrons. The zero-order valence-corrected chi connectivity index (χ0v) is 14.3. The molecule has 3 fully saturated rings. The Morgan fingerprint density at radius 3 is 2.19 bits per heavy atom. The van der Waals surface area contributed by atoms with E-state index in [1.165, 1.54) is 38.5 Å². The van der Waals surface area contributed by atoms with Crippen LogP contribution in [-0.4, -0.2) is 36.0 Å². The molecule has 1 aliphatic heterocycles. The van der Waals surface area contributed by atoms with Gasteiger partial charge in [-0.3, -0.25) is 4.79 Å². The second-order valence-electron chi connectivity index (χ2n) is 7.38. The summed E-state index contributed by atoms with van der Waals surface area (Å²) in [5, 5.41) is 3.42. The quantitative estimate of drug-likeness (QED) is 0.816. The molecular formula is C17H31ClN2O. The van der Waals surface area contributed by atoms with Crippen LogP contribution in [0.3, 0.4) is 0 Å². The number of hydrogen-bond donors (Lipinski definition) is 1. The van der Waals surface area contributed by atoms with Crippen molar-refractivity contribution >= 4 is 18.3 Å². The van der Waals surface area contributed by atoms with E-state index in [4.69, 9.17) is 0 Å². The summed E-state index contributed by atoms with van der Waals surface area (Å²) in [6.45, 7) is 6.84. The van der Waals surface area contributed by atoms with Crippen LogP contribution in [0, 0.1) is 17.8 Å². The third-order valence-corrected chi connectivity index (χ3v) is 5.66. The van der Waals surface area contributed by atoms with Gasteiger partial charge in [0.2, 0.25) is 5.91 Å². The molecule has 3 nitrogen and oxygen atoms in total. The Labute approximate surface area is 135 Å². The number of nitrogens with zero attached hydrogens (tertiary/aromatic N) is 1. The molecule has 2 aliphatic carbocycles. The van der Waals surface area contributed by atoms with Crippen molar-refractivity contribution in [3.05, 3.63) is 0 Å². The molecule has 1 N–H and O–H groups in total. The van der Waals surface area contributed by atoms with Gasteiger partial charge >= 0.3 is 0 Å². The number of amides is 1. The van der Waals surface area contributed by atoms with Gasteiger partial charge in [0.1, 0.15) is 0 Å². The first-order chi connectivity index (χ1) is 9.66. The van der Waals surface area contributed by atoms with Crippen LogP contribution in [-0.2, 0) is 4.79 Å². The van der Waals surface area contributed by atoms with Gasteiger partial charge in [-0.05, 0) is 76.3 Å². The van der Waals surface area contributed by atoms with E-state index in [-0.39, 0.29) is 12.4 Å². The summed E-state index contributed by atoms with van der Waals surface area (Å²) in [6, 6.07) is 1.08. The molecule has 2 unspecified atom stereocenters. The average Bonchev–Trinajstić information content (AvgIpc) is 3.31. The predicted molar refractivity (Wildman–Crippen MR) is 88.7 cm³/mol. The minimum absolute atomic E-state index is 0. The highest BCUT2D eigenvalue weighted by atomic mass is 35.5. The van der Waals surface area contributed by atoms with Gasteiger partial charge in [-0.2, -0.15) is 0 Å². The monoisotopic (exact) mass is 314 g/mol. The largest absolute Gasteiger partial charge is 0.337 e. The number of carbonyl (C=O) groups is 1. The topological polar surface area (TPSA) is 32.3 Å². The molecule has 0 radical (unpaired) electrons. The van der Waals surface area contributed by atoms with Gasteiger partial charge in [-0.25, -0.2) is 0 Å². The summed E-state index contributed by atoms with van der Waals surface area (Å²) in [6.07, 6.45) is 8.42. The smallest absolute Gasteiger partial charge is 0.223 e. The highest BCUT2D eigenvalue weighted by Crippen LogP contribution is 2.40. The van der Waals surface area contributed by atoms with Crippen LogP contribution in [0.5, 0.6) is 0 Å². The summed E-state index contributed by atoms with van der Waals surface area (Å²) in [7, 11) is 0. The van der Waals surface area contributed by atoms with Crippen LogP contribution in [0.25, 0.3) is 0 Å². The Hall–Kier alpha value is -0.280. The fraction of sp³-hybridized carbons (Fsp3) is 0.941. The average molecular weight is 315 g/mol. The Bertz CT molecular complexity index is 349. The van der Waals surface area contributed by atoms with Crippen LogP contribution in [0.15, 0.2) is 0 Å². The number of nitrogens with one attached hydrogen (secondary N) is 1. The normalized spacial score (nSPS) is 25.8. The second kappa shape index (κ2) is 7.32. The van der Waals surface area contributed by atoms with Gasteiger partial charge in [-0.1, -0.05) is 6.92 Å². The highest BCUT2D eigenvalue weighted by molar-refractivity contribution is 5.85. The van der Waals surface area contributed by atoms with Crippen molar-refractivity contribution in [1.29, 1.82) is 0 Å². The van der Waals surface area contributed by atoms with Crippen LogP contribution < -0.4 is 5.32 Å². The van der Waals surface area contributed by atoms with Gasteiger partial charge in [0.25, 0.3) is 0 Å². The number of hydrogen-bond acceptors (Lipinski definition) is 2. The molecule has 3 rings (SSSR count). The van der Waals surface area contributed by atoms with E-state index < -0.39 is 0 Å². The molecule has 21 heavy (non-hydrogen) atoms. The maximum Gasteiger partial charge on any atom is 0.223 e. The molecule has 0 bridgehead atoms. The number of piperidine rings is 1. The molecule has 0 spiro atoms. The van der Waals surface area contributed by atoms with Crippen molar-refractivity contribution in [3.8, 4) is 0 Å². The SMILES string of the molecule is CC(CC(=O)N(C1CC1)C(C)C1CC1)C1CCNCC1.Cl. The van der Waals surface area contributed by atoms with Gasteiger partial charge in [-0.15, -0.1) is 12.4 Å². The van der Waals surface area contributed by atoms with Crippen molar-refractivity contribution in [2.45, 2.75) is 70.9 Å². The maximum atomic E-state index is 12.8. The van der Waals surface area contributed by atoms with E-state index >= 15 is 0 Å². The van der Waals surface area contributed by atoms with Crippen LogP contribution in [0.2, 0.25) is 0 Å². The predicted octanol–water partition coefficient (Wildman–Crippen LogP) is 3.22. The summed E-state index contributed by atoms with van der Waals surface area (Å²) >= 11 is 0. The first-order valence-corrected chi connectivity index (χ1v) is 8.68. The molecule has 4 heteroatoms. The third-order valence-electron chi connectivity index (χ3n) is 5.66. The Kier molecular flexibility index (Phi) is 5.96. The lowest BCUT2D eigenvalue weighted by Crippen LogP contribution is -2.43. The van der Waals surface area contributed by atoms with Crippen molar-refractivity contribution < 1.29 is 4.79 Å². The van der Waals surface area contributed by atoms with Gasteiger partial charge < -0.3 is 10.2 Å². The number of halogens is 1. The van der Waals surface area contributed by atoms with Gasteiger partial charge in [0.15, 0.2) is 0 Å². The summed E-state index contributed by atoms with van der Waals surface area (Å²) < 4.78 is 0. The molecule has 0 aromatic heterocycles. The molecule has 2 atom stereocenters. The molecule has 2 saturated carbocycles. The fourth-order valence-corrected chi connectivity index (χ4v) is 3.88. The summed E-state index contributed by atoms with van der Waals surface area (Å²) in [5.41, 5.74) is 0. The first kappa shape index (κ1) is 17.1. The van der Waals surface area contributed by atoms with Crippen molar-refractivity contribution in [3.63, 3.8) is 0 Å². The van der Waals surface area contributed by atoms with Gasteiger partial charge in [0.05, 0.1) is 0 Å². The third kappa shape index (κ3) is 4.35. The Morgan fingerprint density at radius 1 is 1.05 bits per heavy atom. The molecule has 0 aromatic carbocycles. The lowest BCUT2D eigenvalue weighted by atomic mass is 9.84. The minimum atomic E-state index is 0. The molecular weight excluding hydrogens is 284 g/mol. The number of rotatable bonds is 6. The zero-order chi connectivity index (χ0) is 14.1. The van der Waals surface area contributed by atoms with E-state index in [0.717, 1.165) is 31.3 Å². The summed E-state index contributed by atoms with van der Waals surface area (Å²) in [5.74, 6) is 2.54. The van der Waals surface area contributed by atoms with Crippen LogP contribution >= 0.6 is 12.4 Å². The van der Waals surface area contributed by atoms with Crippen LogP contribution in [0.1, 0.15) is 58.8 Å². The molecule has 3 aliphatic rings. The second-order valence-corrected chi connectivity index (χ2v) is 7.38. The molecule has 1 heterocycles. The van der Waals surface area contributed by atoms with Gasteiger partial charge in [0, 0.05) is 18.5 Å². The van der Waals surface area contributed by atoms with E-state index in [1.54, 1.807) is 0 Å². The van der Waals surface area contributed by atoms with Crippen LogP contribution in [0.4, 0.5) is 0 Å². The van der Waals surface area contributed by atoms with E-state index in [2.05, 4.69) is 24.1 Å². The van der Waals surface area contributed by atoms with Crippen molar-refractivity contribution in [2.24, 2.45) is 17.8 Å². The summed E-state index contributed by atoms with van der Waals surface area (Å²) in [4.78, 5) is 15.0. The first-order valence-electron chi connectivity index (χ1n) is 8.68. The Morgan fingerprint density at radius 2 is 1.67 bits per heavy atom. The minimum Gasteiger partial charge on any atom is -0.337 e. The molecule has 0 aromatic rings. The van der Waals surface area contributed by atoms with E-state index in [0.29, 0.717) is 23.9 Å². The molecule has 1 saturated heterocycles. The standard InChI is InChI=1S/C17H30N2O.ClH/c1-12(14-7-9-18-10-8-14)11-17(20)19(16-5-6-16)13(2)15-3-4-15;/h12-16,18H,3-11H2,1-2H3;1H. The maximum absolute atomic E-state index is 12.8. The van der Waals surface area contributed by atoms with E-state index in [1.807, 2.05) is 0 Å². The lowest BCUT2D eigenvalue weighted by molar-refractivity contribution is -0.135. The number of carbonyl (C=O) groups excluding carboxylic acids is 1.